The van der Waals surface area contributed by atoms with E-state index in [1.807, 2.05) is 0 Å². The Bertz CT molecular complexity index is 126. The zero-order valence-electron chi connectivity index (χ0n) is 7.54. The van der Waals surface area contributed by atoms with E-state index >= 15 is 0 Å². The van der Waals surface area contributed by atoms with Gasteiger partial charge in [-0.05, 0) is 7.05 Å². The zero-order chi connectivity index (χ0) is 8.97. The molecule has 3 nitrogen and oxygen atoms in total. The summed E-state index contributed by atoms with van der Waals surface area (Å²) in [6, 6.07) is 0. The molecule has 4 heteroatoms. The lowest BCUT2D eigenvalue weighted by Gasteiger charge is -2.32. The van der Waals surface area contributed by atoms with E-state index in [2.05, 4.69) is 16.8 Å². The van der Waals surface area contributed by atoms with Crippen LogP contribution in [-0.4, -0.2) is 67.5 Å². The predicted molar refractivity (Wildman–Crippen MR) is 45.9 cm³/mol. The molecule has 1 saturated heterocycles. The van der Waals surface area contributed by atoms with Gasteiger partial charge in [0, 0.05) is 32.7 Å². The number of likely N-dealkylation sites (N-methyl/N-ethyl adjacent to an activating group) is 1. The van der Waals surface area contributed by atoms with Gasteiger partial charge in [0.2, 0.25) is 0 Å². The molecule has 72 valence electrons. The van der Waals surface area contributed by atoms with E-state index in [1.54, 1.807) is 0 Å². The largest absolute Gasteiger partial charge is 0.393 e. The first-order chi connectivity index (χ1) is 5.72. The zero-order valence-corrected chi connectivity index (χ0v) is 7.54. The third-order valence-corrected chi connectivity index (χ3v) is 2.25. The van der Waals surface area contributed by atoms with Crippen LogP contribution in [0, 0.1) is 0 Å². The van der Waals surface area contributed by atoms with Gasteiger partial charge in [0.1, 0.15) is 6.17 Å². The van der Waals surface area contributed by atoms with E-state index < -0.39 is 6.17 Å². The van der Waals surface area contributed by atoms with Crippen molar-refractivity contribution >= 4 is 0 Å². The monoisotopic (exact) mass is 176 g/mol. The van der Waals surface area contributed by atoms with Gasteiger partial charge in [0.25, 0.3) is 0 Å². The fourth-order valence-corrected chi connectivity index (χ4v) is 1.37. The molecule has 0 aromatic carbocycles. The number of alkyl halides is 1. The average Bonchev–Trinajstić information content (AvgIpc) is 2.09. The topological polar surface area (TPSA) is 26.7 Å². The Hall–Kier alpha value is -0.190. The molecule has 12 heavy (non-hydrogen) atoms. The fraction of sp³-hybridized carbons (Fsp3) is 1.00. The third kappa shape index (κ3) is 3.05. The number of hydrogen-bond acceptors (Lipinski definition) is 3. The molecule has 1 heterocycles. The van der Waals surface area contributed by atoms with Crippen molar-refractivity contribution in [3.8, 4) is 0 Å². The van der Waals surface area contributed by atoms with E-state index in [0.29, 0.717) is 6.54 Å². The van der Waals surface area contributed by atoms with Crippen molar-refractivity contribution in [2.24, 2.45) is 0 Å². The quantitative estimate of drug-likeness (QED) is 0.632. The molecule has 0 amide bonds. The number of aliphatic hydroxyl groups excluding tert-OH is 1. The van der Waals surface area contributed by atoms with Crippen LogP contribution in [0.1, 0.15) is 0 Å². The fourth-order valence-electron chi connectivity index (χ4n) is 1.37. The van der Waals surface area contributed by atoms with Crippen molar-refractivity contribution in [1.29, 1.82) is 0 Å². The van der Waals surface area contributed by atoms with Crippen LogP contribution in [0.3, 0.4) is 0 Å². The highest BCUT2D eigenvalue weighted by Gasteiger charge is 2.16. The number of aliphatic hydroxyl groups is 1. The molecule has 0 aromatic heterocycles. The number of piperazine rings is 1. The summed E-state index contributed by atoms with van der Waals surface area (Å²) in [5, 5.41) is 8.51. The van der Waals surface area contributed by atoms with Gasteiger partial charge in [-0.1, -0.05) is 0 Å². The first-order valence-electron chi connectivity index (χ1n) is 4.38. The van der Waals surface area contributed by atoms with Crippen molar-refractivity contribution in [2.45, 2.75) is 6.17 Å². The molecule has 0 aromatic rings. The smallest absolute Gasteiger partial charge is 0.136 e. The van der Waals surface area contributed by atoms with Crippen LogP contribution in [-0.2, 0) is 0 Å². The SMILES string of the molecule is CN1CCN(CC(F)CO)CC1. The molecule has 0 radical (unpaired) electrons. The minimum atomic E-state index is -1.08. The first kappa shape index (κ1) is 9.89. The first-order valence-corrected chi connectivity index (χ1v) is 4.38. The summed E-state index contributed by atoms with van der Waals surface area (Å²) in [7, 11) is 2.07. The molecule has 0 aliphatic carbocycles. The van der Waals surface area contributed by atoms with E-state index in [-0.39, 0.29) is 6.61 Å². The van der Waals surface area contributed by atoms with Crippen LogP contribution in [0.4, 0.5) is 4.39 Å². The molecule has 1 N–H and O–H groups in total. The van der Waals surface area contributed by atoms with Crippen molar-refractivity contribution < 1.29 is 9.50 Å². The maximum absolute atomic E-state index is 12.7. The van der Waals surface area contributed by atoms with Crippen LogP contribution in [0.5, 0.6) is 0 Å². The van der Waals surface area contributed by atoms with Crippen molar-refractivity contribution in [3.05, 3.63) is 0 Å². The van der Waals surface area contributed by atoms with Gasteiger partial charge in [-0.15, -0.1) is 0 Å². The molecule has 1 aliphatic heterocycles. The molecule has 1 rings (SSSR count). The van der Waals surface area contributed by atoms with Crippen LogP contribution in [0.25, 0.3) is 0 Å². The summed E-state index contributed by atoms with van der Waals surface area (Å²) < 4.78 is 12.7. The molecule has 1 fully saturated rings. The number of halogens is 1. The summed E-state index contributed by atoms with van der Waals surface area (Å²) in [4.78, 5) is 4.28. The standard InChI is InChI=1S/C8H17FN2O/c1-10-2-4-11(5-3-10)6-8(9)7-12/h8,12H,2-7H2,1H3. The highest BCUT2D eigenvalue weighted by Crippen LogP contribution is 2.01. The maximum atomic E-state index is 12.7. The minimum Gasteiger partial charge on any atom is -0.393 e. The van der Waals surface area contributed by atoms with Gasteiger partial charge in [-0.3, -0.25) is 4.90 Å². The Morgan fingerprint density at radius 1 is 1.33 bits per heavy atom. The summed E-state index contributed by atoms with van der Waals surface area (Å²) in [6.07, 6.45) is -1.08. The summed E-state index contributed by atoms with van der Waals surface area (Å²) >= 11 is 0. The Morgan fingerprint density at radius 2 is 1.92 bits per heavy atom. The van der Waals surface area contributed by atoms with E-state index in [1.165, 1.54) is 0 Å². The van der Waals surface area contributed by atoms with Crippen LogP contribution >= 0.6 is 0 Å². The summed E-state index contributed by atoms with van der Waals surface area (Å²) in [6.45, 7) is 3.85. The van der Waals surface area contributed by atoms with Crippen molar-refractivity contribution in [1.82, 2.24) is 9.80 Å². The Balaban J connectivity index is 2.17. The van der Waals surface area contributed by atoms with Crippen LogP contribution < -0.4 is 0 Å². The molecule has 0 saturated carbocycles. The maximum Gasteiger partial charge on any atom is 0.136 e. The van der Waals surface area contributed by atoms with Crippen LogP contribution in [0.15, 0.2) is 0 Å². The second-order valence-corrected chi connectivity index (χ2v) is 3.38. The Morgan fingerprint density at radius 3 is 2.42 bits per heavy atom. The molecule has 0 bridgehead atoms. The van der Waals surface area contributed by atoms with Gasteiger partial charge >= 0.3 is 0 Å². The molecule has 1 aliphatic rings. The van der Waals surface area contributed by atoms with Gasteiger partial charge < -0.3 is 10.0 Å². The Kier molecular flexibility index (Phi) is 3.91. The van der Waals surface area contributed by atoms with Gasteiger partial charge in [-0.2, -0.15) is 0 Å². The minimum absolute atomic E-state index is 0.355. The number of nitrogens with zero attached hydrogens (tertiary/aromatic N) is 2. The van der Waals surface area contributed by atoms with Crippen LogP contribution in [0.2, 0.25) is 0 Å². The van der Waals surface area contributed by atoms with Crippen molar-refractivity contribution in [2.75, 3.05) is 46.4 Å². The van der Waals surface area contributed by atoms with Gasteiger partial charge in [0.15, 0.2) is 0 Å². The average molecular weight is 176 g/mol. The molecular weight excluding hydrogens is 159 g/mol. The lowest BCUT2D eigenvalue weighted by atomic mass is 10.3. The molecule has 1 atom stereocenters. The van der Waals surface area contributed by atoms with E-state index in [4.69, 9.17) is 5.11 Å². The summed E-state index contributed by atoms with van der Waals surface area (Å²) in [5.74, 6) is 0. The lowest BCUT2D eigenvalue weighted by molar-refractivity contribution is 0.0928. The van der Waals surface area contributed by atoms with Gasteiger partial charge in [0.05, 0.1) is 6.61 Å². The number of rotatable bonds is 3. The molecular formula is C8H17FN2O. The van der Waals surface area contributed by atoms with Gasteiger partial charge in [-0.25, -0.2) is 4.39 Å². The number of hydrogen-bond donors (Lipinski definition) is 1. The van der Waals surface area contributed by atoms with Crippen molar-refractivity contribution in [3.63, 3.8) is 0 Å². The molecule has 0 spiro atoms. The third-order valence-electron chi connectivity index (χ3n) is 2.25. The predicted octanol–water partition coefficient (Wildman–Crippen LogP) is -0.436. The summed E-state index contributed by atoms with van der Waals surface area (Å²) in [5.41, 5.74) is 0. The highest BCUT2D eigenvalue weighted by atomic mass is 19.1. The second-order valence-electron chi connectivity index (χ2n) is 3.38. The molecule has 1 unspecified atom stereocenters. The Labute approximate surface area is 72.8 Å². The van der Waals surface area contributed by atoms with E-state index in [9.17, 15) is 4.39 Å². The highest BCUT2D eigenvalue weighted by molar-refractivity contribution is 4.71. The normalized spacial score (nSPS) is 24.2. The lowest BCUT2D eigenvalue weighted by Crippen LogP contribution is -2.46. The van der Waals surface area contributed by atoms with E-state index in [0.717, 1.165) is 26.2 Å². The second kappa shape index (κ2) is 4.74.